The van der Waals surface area contributed by atoms with Gasteiger partial charge in [-0.25, -0.2) is 4.98 Å². The Labute approximate surface area is 125 Å². The number of aromatic nitrogens is 2. The van der Waals surface area contributed by atoms with Crippen molar-refractivity contribution in [2.24, 2.45) is 0 Å². The third-order valence-electron chi connectivity index (χ3n) is 3.12. The summed E-state index contributed by atoms with van der Waals surface area (Å²) < 4.78 is 10.2. The number of nitrogens with one attached hydrogen (secondary N) is 1. The smallest absolute Gasteiger partial charge is 0.276 e. The normalized spacial score (nSPS) is 16.0. The predicted molar refractivity (Wildman–Crippen MR) is 77.4 cm³/mol. The lowest BCUT2D eigenvalue weighted by atomic mass is 10.4. The molecular formula is C13H16N4O3S. The van der Waals surface area contributed by atoms with Crippen LogP contribution in [-0.2, 0) is 11.3 Å². The minimum atomic E-state index is -0.271. The van der Waals surface area contributed by atoms with Crippen LogP contribution in [-0.4, -0.2) is 47.3 Å². The predicted octanol–water partition coefficient (Wildman–Crippen LogP) is 1.52. The molecule has 2 aromatic heterocycles. The lowest BCUT2D eigenvalue weighted by molar-refractivity contribution is 0.0341. The van der Waals surface area contributed by atoms with E-state index in [2.05, 4.69) is 20.4 Å². The number of aryl methyl sites for hydroxylation is 1. The van der Waals surface area contributed by atoms with Gasteiger partial charge >= 0.3 is 0 Å². The van der Waals surface area contributed by atoms with E-state index in [4.69, 9.17) is 9.26 Å². The fourth-order valence-corrected chi connectivity index (χ4v) is 2.86. The average molecular weight is 308 g/mol. The Morgan fingerprint density at radius 2 is 2.29 bits per heavy atom. The van der Waals surface area contributed by atoms with Crippen LogP contribution in [0.4, 0.5) is 5.82 Å². The number of hydrogen-bond acceptors (Lipinski definition) is 7. The molecule has 1 aliphatic rings. The second-order valence-electron chi connectivity index (χ2n) is 4.79. The molecule has 1 amide bonds. The van der Waals surface area contributed by atoms with Crippen molar-refractivity contribution in [1.82, 2.24) is 15.0 Å². The van der Waals surface area contributed by atoms with Crippen molar-refractivity contribution in [3.8, 4) is 0 Å². The van der Waals surface area contributed by atoms with Crippen LogP contribution < -0.4 is 5.32 Å². The number of rotatable bonds is 4. The molecule has 0 saturated carbocycles. The Morgan fingerprint density at radius 3 is 3.00 bits per heavy atom. The summed E-state index contributed by atoms with van der Waals surface area (Å²) in [5.74, 6) is 0.782. The number of carbonyl (C=O) groups excluding carboxylic acids is 1. The molecule has 3 heterocycles. The van der Waals surface area contributed by atoms with E-state index >= 15 is 0 Å². The highest BCUT2D eigenvalue weighted by Crippen LogP contribution is 2.15. The average Bonchev–Trinajstić information content (AvgIpc) is 3.09. The molecule has 2 aromatic rings. The van der Waals surface area contributed by atoms with Crippen LogP contribution in [0, 0.1) is 6.92 Å². The first-order valence-electron chi connectivity index (χ1n) is 6.70. The molecule has 0 radical (unpaired) electrons. The molecule has 1 aliphatic heterocycles. The maximum Gasteiger partial charge on any atom is 0.276 e. The van der Waals surface area contributed by atoms with Crippen LogP contribution in [0.2, 0.25) is 0 Å². The zero-order valence-corrected chi connectivity index (χ0v) is 12.5. The summed E-state index contributed by atoms with van der Waals surface area (Å²) in [5.41, 5.74) is 0.406. The fraction of sp³-hybridized carbons (Fsp3) is 0.462. The number of morpholine rings is 1. The quantitative estimate of drug-likeness (QED) is 0.922. The van der Waals surface area contributed by atoms with E-state index in [-0.39, 0.29) is 5.91 Å². The number of thiazole rings is 1. The zero-order chi connectivity index (χ0) is 14.7. The first-order chi connectivity index (χ1) is 10.2. The number of amides is 1. The molecule has 21 heavy (non-hydrogen) atoms. The minimum Gasteiger partial charge on any atom is -0.379 e. The second-order valence-corrected chi connectivity index (χ2v) is 5.73. The van der Waals surface area contributed by atoms with Gasteiger partial charge in [0, 0.05) is 24.5 Å². The lowest BCUT2D eigenvalue weighted by Crippen LogP contribution is -2.35. The third kappa shape index (κ3) is 3.66. The van der Waals surface area contributed by atoms with E-state index in [0.29, 0.717) is 17.3 Å². The Morgan fingerprint density at radius 1 is 1.48 bits per heavy atom. The van der Waals surface area contributed by atoms with Crippen molar-refractivity contribution in [1.29, 1.82) is 0 Å². The molecule has 0 spiro atoms. The highest BCUT2D eigenvalue weighted by molar-refractivity contribution is 7.09. The monoisotopic (exact) mass is 308 g/mol. The summed E-state index contributed by atoms with van der Waals surface area (Å²) in [7, 11) is 0. The molecule has 0 aliphatic carbocycles. The molecule has 0 bridgehead atoms. The van der Waals surface area contributed by atoms with Crippen molar-refractivity contribution in [2.45, 2.75) is 13.5 Å². The molecule has 7 nitrogen and oxygen atoms in total. The van der Waals surface area contributed by atoms with Gasteiger partial charge in [-0.05, 0) is 6.92 Å². The van der Waals surface area contributed by atoms with Gasteiger partial charge in [0.1, 0.15) is 16.5 Å². The van der Waals surface area contributed by atoms with E-state index in [1.54, 1.807) is 18.4 Å². The Kier molecular flexibility index (Phi) is 4.28. The Bertz CT molecular complexity index is 618. The van der Waals surface area contributed by atoms with Gasteiger partial charge in [-0.2, -0.15) is 0 Å². The van der Waals surface area contributed by atoms with Crippen molar-refractivity contribution < 1.29 is 14.1 Å². The number of hydrogen-bond donors (Lipinski definition) is 1. The maximum absolute atomic E-state index is 12.0. The van der Waals surface area contributed by atoms with Gasteiger partial charge in [0.25, 0.3) is 5.91 Å². The highest BCUT2D eigenvalue weighted by Gasteiger charge is 2.16. The van der Waals surface area contributed by atoms with Crippen LogP contribution in [0.15, 0.2) is 16.0 Å². The third-order valence-corrected chi connectivity index (χ3v) is 3.95. The van der Waals surface area contributed by atoms with Gasteiger partial charge in [0.2, 0.25) is 0 Å². The Hall–Kier alpha value is -1.77. The standard InChI is InChI=1S/C13H16N4O3S/c1-9-6-11(16-20-9)15-13(18)10-8-21-12(14-10)7-17-2-4-19-5-3-17/h6,8H,2-5,7H2,1H3,(H,15,16,18). The van der Waals surface area contributed by atoms with Crippen LogP contribution in [0.5, 0.6) is 0 Å². The summed E-state index contributed by atoms with van der Waals surface area (Å²) in [6, 6.07) is 1.67. The van der Waals surface area contributed by atoms with Crippen molar-refractivity contribution >= 4 is 23.1 Å². The number of ether oxygens (including phenoxy) is 1. The minimum absolute atomic E-state index is 0.271. The molecule has 0 atom stereocenters. The number of carbonyl (C=O) groups is 1. The van der Waals surface area contributed by atoms with Gasteiger partial charge in [-0.15, -0.1) is 11.3 Å². The molecule has 0 aromatic carbocycles. The molecule has 3 rings (SSSR count). The fourth-order valence-electron chi connectivity index (χ4n) is 2.04. The van der Waals surface area contributed by atoms with Crippen LogP contribution >= 0.6 is 11.3 Å². The number of nitrogens with zero attached hydrogens (tertiary/aromatic N) is 3. The van der Waals surface area contributed by atoms with E-state index in [1.165, 1.54) is 11.3 Å². The first-order valence-corrected chi connectivity index (χ1v) is 7.58. The highest BCUT2D eigenvalue weighted by atomic mass is 32.1. The summed E-state index contributed by atoms with van der Waals surface area (Å²) in [5, 5.41) is 9.08. The SMILES string of the molecule is Cc1cc(NC(=O)c2csc(CN3CCOCC3)n2)no1. The number of anilines is 1. The van der Waals surface area contributed by atoms with Crippen LogP contribution in [0.25, 0.3) is 0 Å². The van der Waals surface area contributed by atoms with Crippen molar-refractivity contribution in [3.05, 3.63) is 27.9 Å². The zero-order valence-electron chi connectivity index (χ0n) is 11.7. The molecule has 1 fully saturated rings. The maximum atomic E-state index is 12.0. The summed E-state index contributed by atoms with van der Waals surface area (Å²) in [4.78, 5) is 18.7. The van der Waals surface area contributed by atoms with Gasteiger partial charge < -0.3 is 14.6 Å². The first kappa shape index (κ1) is 14.2. The van der Waals surface area contributed by atoms with E-state index in [0.717, 1.165) is 37.9 Å². The van der Waals surface area contributed by atoms with Crippen molar-refractivity contribution in [2.75, 3.05) is 31.6 Å². The molecule has 8 heteroatoms. The lowest BCUT2D eigenvalue weighted by Gasteiger charge is -2.25. The molecule has 1 N–H and O–H groups in total. The van der Waals surface area contributed by atoms with Gasteiger partial charge in [0.15, 0.2) is 5.82 Å². The van der Waals surface area contributed by atoms with Crippen LogP contribution in [0.1, 0.15) is 21.3 Å². The largest absolute Gasteiger partial charge is 0.379 e. The van der Waals surface area contributed by atoms with Gasteiger partial charge in [0.05, 0.1) is 19.8 Å². The molecule has 112 valence electrons. The van der Waals surface area contributed by atoms with Crippen LogP contribution in [0.3, 0.4) is 0 Å². The van der Waals surface area contributed by atoms with E-state index < -0.39 is 0 Å². The summed E-state index contributed by atoms with van der Waals surface area (Å²) >= 11 is 1.49. The molecule has 0 unspecified atom stereocenters. The van der Waals surface area contributed by atoms with Crippen molar-refractivity contribution in [3.63, 3.8) is 0 Å². The van der Waals surface area contributed by atoms with E-state index in [9.17, 15) is 4.79 Å². The van der Waals surface area contributed by atoms with Gasteiger partial charge in [-0.3, -0.25) is 9.69 Å². The molecular weight excluding hydrogens is 292 g/mol. The Balaban J connectivity index is 1.59. The van der Waals surface area contributed by atoms with Gasteiger partial charge in [-0.1, -0.05) is 5.16 Å². The second kappa shape index (κ2) is 6.33. The summed E-state index contributed by atoms with van der Waals surface area (Å²) in [6.45, 7) is 5.84. The topological polar surface area (TPSA) is 80.5 Å². The summed E-state index contributed by atoms with van der Waals surface area (Å²) in [6.07, 6.45) is 0. The van der Waals surface area contributed by atoms with E-state index in [1.807, 2.05) is 0 Å². The molecule has 1 saturated heterocycles.